The van der Waals surface area contributed by atoms with Crippen molar-refractivity contribution in [1.29, 1.82) is 0 Å². The van der Waals surface area contributed by atoms with E-state index in [0.29, 0.717) is 27.3 Å². The van der Waals surface area contributed by atoms with Crippen LogP contribution in [0.15, 0.2) is 58.1 Å². The molecule has 0 spiro atoms. The van der Waals surface area contributed by atoms with E-state index in [1.54, 1.807) is 18.2 Å². The highest BCUT2D eigenvalue weighted by molar-refractivity contribution is 7.22. The second-order valence-electron chi connectivity index (χ2n) is 7.87. The molecule has 162 valence electrons. The fourth-order valence-electron chi connectivity index (χ4n) is 4.26. The number of ether oxygens (including phenoxy) is 1. The molecule has 1 fully saturated rings. The van der Waals surface area contributed by atoms with Crippen molar-refractivity contribution in [3.05, 3.63) is 85.5 Å². The zero-order chi connectivity index (χ0) is 22.6. The Labute approximate surface area is 192 Å². The number of rotatable bonds is 4. The summed E-state index contributed by atoms with van der Waals surface area (Å²) in [5, 5.41) is 0.579. The van der Waals surface area contributed by atoms with Gasteiger partial charge in [0.1, 0.15) is 4.70 Å². The third kappa shape index (κ3) is 3.29. The van der Waals surface area contributed by atoms with Crippen LogP contribution in [0.4, 0.5) is 0 Å². The Morgan fingerprint density at radius 1 is 1.19 bits per heavy atom. The summed E-state index contributed by atoms with van der Waals surface area (Å²) in [6.45, 7) is 1.87. The number of carbonyl (C=O) groups excluding carboxylic acids is 1. The van der Waals surface area contributed by atoms with Gasteiger partial charge in [-0.3, -0.25) is 9.59 Å². The summed E-state index contributed by atoms with van der Waals surface area (Å²) in [6, 6.07) is 14.7. The largest absolute Gasteiger partial charge is 0.469 e. The Hall–Kier alpha value is -3.16. The smallest absolute Gasteiger partial charge is 0.333 e. The summed E-state index contributed by atoms with van der Waals surface area (Å²) >= 11 is 7.62. The lowest BCUT2D eigenvalue weighted by molar-refractivity contribution is -0.142. The standard InChI is InChI=1S/C24H19ClN2O4S/c1-12-13(15-10-16(15)23(29)31-2)7-5-9-19(12)27-22(28)21-18(26-24(27)30)11-20(32-21)14-6-3-4-8-17(14)25/h3-9,11,15-16H,10H2,1-2H3,(H,26,30)/t15-,16+/m1/s1. The third-order valence-electron chi connectivity index (χ3n) is 6.00. The maximum atomic E-state index is 13.4. The van der Waals surface area contributed by atoms with Crippen molar-refractivity contribution in [2.75, 3.05) is 7.11 Å². The number of hydrogen-bond donors (Lipinski definition) is 1. The number of nitrogens with zero attached hydrogens (tertiary/aromatic N) is 1. The number of halogens is 1. The molecular formula is C24H19ClN2O4S. The number of methoxy groups -OCH3 is 1. The Morgan fingerprint density at radius 3 is 2.72 bits per heavy atom. The van der Waals surface area contributed by atoms with Gasteiger partial charge in [0, 0.05) is 15.5 Å². The minimum atomic E-state index is -0.508. The summed E-state index contributed by atoms with van der Waals surface area (Å²) in [7, 11) is 1.38. The van der Waals surface area contributed by atoms with Crippen molar-refractivity contribution in [1.82, 2.24) is 9.55 Å². The maximum absolute atomic E-state index is 13.4. The predicted molar refractivity (Wildman–Crippen MR) is 126 cm³/mol. The van der Waals surface area contributed by atoms with Gasteiger partial charge in [-0.25, -0.2) is 9.36 Å². The minimum absolute atomic E-state index is 0.0366. The molecule has 8 heteroatoms. The van der Waals surface area contributed by atoms with Crippen molar-refractivity contribution in [3.63, 3.8) is 0 Å². The van der Waals surface area contributed by atoms with Gasteiger partial charge in [-0.2, -0.15) is 0 Å². The Balaban J connectivity index is 1.64. The highest BCUT2D eigenvalue weighted by Gasteiger charge is 2.45. The lowest BCUT2D eigenvalue weighted by Crippen LogP contribution is -2.33. The lowest BCUT2D eigenvalue weighted by atomic mass is 10.0. The van der Waals surface area contributed by atoms with Crippen LogP contribution in [0, 0.1) is 12.8 Å². The first-order valence-corrected chi connectivity index (χ1v) is 11.3. The molecule has 32 heavy (non-hydrogen) atoms. The van der Waals surface area contributed by atoms with E-state index in [1.165, 1.54) is 23.0 Å². The SMILES string of the molecule is COC(=O)[C@H]1C[C@@H]1c1cccc(-n2c(=O)[nH]c3cc(-c4ccccc4Cl)sc3c2=O)c1C. The minimum Gasteiger partial charge on any atom is -0.469 e. The van der Waals surface area contributed by atoms with Crippen molar-refractivity contribution < 1.29 is 9.53 Å². The summed E-state index contributed by atoms with van der Waals surface area (Å²) in [5.74, 6) is -0.377. The van der Waals surface area contributed by atoms with Crippen LogP contribution < -0.4 is 11.2 Å². The molecule has 2 heterocycles. The first-order chi connectivity index (χ1) is 15.4. The molecule has 0 unspecified atom stereocenters. The molecule has 5 rings (SSSR count). The number of nitrogens with one attached hydrogen (secondary N) is 1. The van der Waals surface area contributed by atoms with Crippen LogP contribution in [0.2, 0.25) is 5.02 Å². The number of benzene rings is 2. The summed E-state index contributed by atoms with van der Waals surface area (Å²) in [5.41, 5.74) is 2.67. The van der Waals surface area contributed by atoms with E-state index in [1.807, 2.05) is 37.3 Å². The molecule has 1 N–H and O–H groups in total. The average molecular weight is 467 g/mol. The van der Waals surface area contributed by atoms with E-state index >= 15 is 0 Å². The van der Waals surface area contributed by atoms with Crippen LogP contribution in [0.5, 0.6) is 0 Å². The summed E-state index contributed by atoms with van der Waals surface area (Å²) in [4.78, 5) is 41.9. The second-order valence-corrected chi connectivity index (χ2v) is 9.33. The van der Waals surface area contributed by atoms with Gasteiger partial charge in [0.25, 0.3) is 5.56 Å². The predicted octanol–water partition coefficient (Wildman–Crippen LogP) is 4.65. The van der Waals surface area contributed by atoms with E-state index in [4.69, 9.17) is 16.3 Å². The Kier molecular flexibility index (Phi) is 5.03. The number of aromatic nitrogens is 2. The number of fused-ring (bicyclic) bond motifs is 1. The van der Waals surface area contributed by atoms with Gasteiger partial charge in [-0.1, -0.05) is 41.9 Å². The molecule has 0 bridgehead atoms. The van der Waals surface area contributed by atoms with Crippen molar-refractivity contribution in [3.8, 4) is 16.1 Å². The summed E-state index contributed by atoms with van der Waals surface area (Å²) < 4.78 is 6.47. The quantitative estimate of drug-likeness (QED) is 0.444. The molecule has 4 aromatic rings. The van der Waals surface area contributed by atoms with E-state index < -0.39 is 5.69 Å². The van der Waals surface area contributed by atoms with Gasteiger partial charge in [-0.05, 0) is 48.6 Å². The number of carbonyl (C=O) groups is 1. The normalized spacial score (nSPS) is 17.5. The number of H-pyrrole nitrogens is 1. The monoisotopic (exact) mass is 466 g/mol. The molecule has 1 aliphatic carbocycles. The second kappa shape index (κ2) is 7.76. The van der Waals surface area contributed by atoms with Crippen LogP contribution in [0.25, 0.3) is 26.3 Å². The molecule has 6 nitrogen and oxygen atoms in total. The fourth-order valence-corrected chi connectivity index (χ4v) is 5.63. The molecule has 2 aromatic heterocycles. The van der Waals surface area contributed by atoms with Crippen LogP contribution in [0.1, 0.15) is 23.5 Å². The van der Waals surface area contributed by atoms with Gasteiger partial charge in [0.05, 0.1) is 24.2 Å². The van der Waals surface area contributed by atoms with E-state index in [2.05, 4.69) is 4.98 Å². The molecule has 0 amide bonds. The first-order valence-electron chi connectivity index (χ1n) is 10.1. The number of aromatic amines is 1. The molecule has 2 aromatic carbocycles. The lowest BCUT2D eigenvalue weighted by Gasteiger charge is -2.12. The van der Waals surface area contributed by atoms with E-state index in [0.717, 1.165) is 21.6 Å². The first kappa shape index (κ1) is 20.7. The Morgan fingerprint density at radius 2 is 1.97 bits per heavy atom. The fraction of sp³-hybridized carbons (Fsp3) is 0.208. The maximum Gasteiger partial charge on any atom is 0.333 e. The van der Waals surface area contributed by atoms with Crippen molar-refractivity contribution in [2.24, 2.45) is 5.92 Å². The number of thiophene rings is 1. The van der Waals surface area contributed by atoms with E-state index in [-0.39, 0.29) is 23.4 Å². The van der Waals surface area contributed by atoms with Gasteiger partial charge >= 0.3 is 11.7 Å². The van der Waals surface area contributed by atoms with Gasteiger partial charge in [0.15, 0.2) is 0 Å². The highest BCUT2D eigenvalue weighted by Crippen LogP contribution is 2.49. The number of hydrogen-bond acceptors (Lipinski definition) is 5. The Bertz CT molecular complexity index is 1500. The van der Waals surface area contributed by atoms with Gasteiger partial charge < -0.3 is 9.72 Å². The summed E-state index contributed by atoms with van der Waals surface area (Å²) in [6.07, 6.45) is 0.702. The zero-order valence-electron chi connectivity index (χ0n) is 17.3. The van der Waals surface area contributed by atoms with Crippen molar-refractivity contribution >= 4 is 39.1 Å². The van der Waals surface area contributed by atoms with Crippen LogP contribution in [-0.2, 0) is 9.53 Å². The zero-order valence-corrected chi connectivity index (χ0v) is 18.9. The van der Waals surface area contributed by atoms with Crippen LogP contribution in [0.3, 0.4) is 0 Å². The van der Waals surface area contributed by atoms with Gasteiger partial charge in [0.2, 0.25) is 0 Å². The molecular weight excluding hydrogens is 448 g/mol. The highest BCUT2D eigenvalue weighted by atomic mass is 35.5. The number of esters is 1. The van der Waals surface area contributed by atoms with Crippen LogP contribution >= 0.6 is 22.9 Å². The topological polar surface area (TPSA) is 81.2 Å². The van der Waals surface area contributed by atoms with Crippen LogP contribution in [-0.4, -0.2) is 22.6 Å². The molecule has 1 saturated carbocycles. The molecule has 0 radical (unpaired) electrons. The molecule has 0 aliphatic heterocycles. The average Bonchev–Trinajstić information content (AvgIpc) is 3.46. The van der Waals surface area contributed by atoms with E-state index in [9.17, 15) is 14.4 Å². The van der Waals surface area contributed by atoms with Gasteiger partial charge in [-0.15, -0.1) is 11.3 Å². The third-order valence-corrected chi connectivity index (χ3v) is 7.48. The molecule has 1 aliphatic rings. The van der Waals surface area contributed by atoms with Crippen molar-refractivity contribution in [2.45, 2.75) is 19.3 Å². The molecule has 0 saturated heterocycles. The molecule has 2 atom stereocenters.